The van der Waals surface area contributed by atoms with Gasteiger partial charge in [0.2, 0.25) is 0 Å². The molecule has 10 atom stereocenters. The van der Waals surface area contributed by atoms with Gasteiger partial charge in [0, 0.05) is 0 Å². The van der Waals surface area contributed by atoms with Crippen LogP contribution in [0.4, 0.5) is 0 Å². The van der Waals surface area contributed by atoms with Crippen molar-refractivity contribution in [3.8, 4) is 0 Å². The first-order chi connectivity index (χ1) is 17.0. The molecular formula is C30H52O7. The molecule has 5 heterocycles. The Hall–Kier alpha value is -0.280. The first kappa shape index (κ1) is 28.3. The van der Waals surface area contributed by atoms with Crippen LogP contribution in [0.1, 0.15) is 120 Å². The molecule has 0 bridgehead atoms. The molecule has 0 amide bonds. The fourth-order valence-electron chi connectivity index (χ4n) is 7.78. The summed E-state index contributed by atoms with van der Waals surface area (Å²) in [5.41, 5.74) is -3.10. The number of rotatable bonds is 6. The van der Waals surface area contributed by atoms with Gasteiger partial charge in [-0.05, 0) is 120 Å². The van der Waals surface area contributed by atoms with Crippen molar-refractivity contribution in [1.29, 1.82) is 0 Å². The Morgan fingerprint density at radius 3 is 1.14 bits per heavy atom. The lowest BCUT2D eigenvalue weighted by Crippen LogP contribution is -2.48. The summed E-state index contributed by atoms with van der Waals surface area (Å²) in [7, 11) is 0. The van der Waals surface area contributed by atoms with Gasteiger partial charge in [0.15, 0.2) is 0 Å². The number of hydrogen-bond acceptors (Lipinski definition) is 7. The summed E-state index contributed by atoms with van der Waals surface area (Å²) < 4.78 is 33.1. The molecule has 7 nitrogen and oxygen atoms in total. The molecule has 0 radical (unpaired) electrons. The van der Waals surface area contributed by atoms with Crippen LogP contribution in [0.2, 0.25) is 0 Å². The van der Waals surface area contributed by atoms with Crippen LogP contribution in [0.5, 0.6) is 0 Å². The molecule has 7 heteroatoms. The monoisotopic (exact) mass is 524 g/mol. The maximum absolute atomic E-state index is 10.5. The molecule has 0 spiro atoms. The highest BCUT2D eigenvalue weighted by atomic mass is 16.6. The summed E-state index contributed by atoms with van der Waals surface area (Å²) >= 11 is 0. The summed E-state index contributed by atoms with van der Waals surface area (Å²) in [6.45, 7) is 16.0. The highest BCUT2D eigenvalue weighted by molar-refractivity contribution is 5.07. The lowest BCUT2D eigenvalue weighted by molar-refractivity contribution is -0.214. The predicted octanol–water partition coefficient (Wildman–Crippen LogP) is 4.83. The highest BCUT2D eigenvalue weighted by Crippen LogP contribution is 2.51. The van der Waals surface area contributed by atoms with Gasteiger partial charge in [-0.3, -0.25) is 0 Å². The molecule has 0 aromatic rings. The maximum atomic E-state index is 10.5. The summed E-state index contributed by atoms with van der Waals surface area (Å²) in [5.74, 6) is 0. The average molecular weight is 525 g/mol. The molecule has 214 valence electrons. The zero-order valence-electron chi connectivity index (χ0n) is 24.5. The minimum atomic E-state index is -0.841. The Bertz CT molecular complexity index is 782. The van der Waals surface area contributed by atoms with E-state index in [-0.39, 0.29) is 59.0 Å². The molecule has 5 rings (SSSR count). The van der Waals surface area contributed by atoms with Gasteiger partial charge in [0.1, 0.15) is 0 Å². The SMILES string of the molecule is CC(C)(O)[C@H]1CC[C@@](C)([C@H]2CC[C@@](C)([C@H]3CC[C@H]([C@]4(C)CC[C@H]([C@]5(C)CC[C@H](C(C)(C)O)O5)O4)O3)O2)O1. The summed E-state index contributed by atoms with van der Waals surface area (Å²) in [4.78, 5) is 0. The van der Waals surface area contributed by atoms with Crippen molar-refractivity contribution in [1.82, 2.24) is 0 Å². The zero-order valence-corrected chi connectivity index (χ0v) is 24.5. The van der Waals surface area contributed by atoms with E-state index in [0.717, 1.165) is 64.2 Å². The van der Waals surface area contributed by atoms with Crippen LogP contribution in [-0.2, 0) is 23.7 Å². The van der Waals surface area contributed by atoms with Gasteiger partial charge in [-0.25, -0.2) is 0 Å². The second kappa shape index (κ2) is 9.12. The van der Waals surface area contributed by atoms with Gasteiger partial charge in [0.25, 0.3) is 0 Å². The Morgan fingerprint density at radius 1 is 0.486 bits per heavy atom. The lowest BCUT2D eigenvalue weighted by atomic mass is 9.89. The minimum Gasteiger partial charge on any atom is -0.388 e. The molecule has 5 aliphatic heterocycles. The van der Waals surface area contributed by atoms with Crippen molar-refractivity contribution < 1.29 is 33.9 Å². The van der Waals surface area contributed by atoms with E-state index in [1.165, 1.54) is 0 Å². The van der Waals surface area contributed by atoms with E-state index in [1.807, 2.05) is 27.7 Å². The van der Waals surface area contributed by atoms with Crippen molar-refractivity contribution >= 4 is 0 Å². The highest BCUT2D eigenvalue weighted by Gasteiger charge is 2.58. The van der Waals surface area contributed by atoms with Gasteiger partial charge in [-0.2, -0.15) is 0 Å². The van der Waals surface area contributed by atoms with E-state index >= 15 is 0 Å². The van der Waals surface area contributed by atoms with Crippen LogP contribution in [-0.4, -0.2) is 80.4 Å². The van der Waals surface area contributed by atoms with Crippen LogP contribution in [0.15, 0.2) is 0 Å². The van der Waals surface area contributed by atoms with Gasteiger partial charge in [0.05, 0.1) is 70.2 Å². The largest absolute Gasteiger partial charge is 0.388 e. The molecule has 5 aliphatic rings. The molecular weight excluding hydrogens is 472 g/mol. The van der Waals surface area contributed by atoms with Crippen LogP contribution < -0.4 is 0 Å². The molecule has 5 saturated heterocycles. The third-order valence-electron chi connectivity index (χ3n) is 10.6. The summed E-state index contributed by atoms with van der Waals surface area (Å²) in [5, 5.41) is 20.9. The number of aliphatic hydroxyl groups is 2. The Morgan fingerprint density at radius 2 is 0.811 bits per heavy atom. The second-order valence-corrected chi connectivity index (χ2v) is 14.8. The Kier molecular flexibility index (Phi) is 6.96. The van der Waals surface area contributed by atoms with Crippen molar-refractivity contribution in [2.75, 3.05) is 0 Å². The van der Waals surface area contributed by atoms with Gasteiger partial charge < -0.3 is 33.9 Å². The zero-order chi connectivity index (χ0) is 27.1. The predicted molar refractivity (Wildman–Crippen MR) is 141 cm³/mol. The molecule has 5 fully saturated rings. The van der Waals surface area contributed by atoms with E-state index in [0.29, 0.717) is 0 Å². The van der Waals surface area contributed by atoms with Crippen molar-refractivity contribution in [2.45, 2.75) is 190 Å². The third kappa shape index (κ3) is 5.16. The van der Waals surface area contributed by atoms with Crippen LogP contribution in [0.3, 0.4) is 0 Å². The van der Waals surface area contributed by atoms with Crippen LogP contribution >= 0.6 is 0 Å². The first-order valence-corrected chi connectivity index (χ1v) is 14.8. The minimum absolute atomic E-state index is 0.0124. The van der Waals surface area contributed by atoms with E-state index < -0.39 is 11.2 Å². The lowest BCUT2D eigenvalue weighted by Gasteiger charge is -2.39. The smallest absolute Gasteiger partial charge is 0.0921 e. The van der Waals surface area contributed by atoms with Crippen molar-refractivity contribution in [2.24, 2.45) is 0 Å². The third-order valence-corrected chi connectivity index (χ3v) is 10.6. The topological polar surface area (TPSA) is 86.6 Å². The first-order valence-electron chi connectivity index (χ1n) is 14.8. The summed E-state index contributed by atoms with van der Waals surface area (Å²) in [6.07, 6.45) is 9.04. The van der Waals surface area contributed by atoms with E-state index in [4.69, 9.17) is 23.7 Å². The fourth-order valence-corrected chi connectivity index (χ4v) is 7.78. The molecule has 0 saturated carbocycles. The van der Waals surface area contributed by atoms with Crippen LogP contribution in [0.25, 0.3) is 0 Å². The molecule has 0 aromatic heterocycles. The number of hydrogen-bond donors (Lipinski definition) is 2. The molecule has 2 N–H and O–H groups in total. The van der Waals surface area contributed by atoms with E-state index in [2.05, 4.69) is 27.7 Å². The normalized spacial score (nSPS) is 51.4. The van der Waals surface area contributed by atoms with Gasteiger partial charge in [-0.1, -0.05) is 0 Å². The number of ether oxygens (including phenoxy) is 5. The summed E-state index contributed by atoms with van der Waals surface area (Å²) in [6, 6.07) is 0. The molecule has 0 unspecified atom stereocenters. The molecule has 37 heavy (non-hydrogen) atoms. The fraction of sp³-hybridized carbons (Fsp3) is 1.00. The average Bonchev–Trinajstić information content (AvgIpc) is 3.57. The van der Waals surface area contributed by atoms with Crippen LogP contribution in [0, 0.1) is 0 Å². The van der Waals surface area contributed by atoms with Crippen molar-refractivity contribution in [3.63, 3.8) is 0 Å². The van der Waals surface area contributed by atoms with Crippen molar-refractivity contribution in [3.05, 3.63) is 0 Å². The second-order valence-electron chi connectivity index (χ2n) is 14.8. The standard InChI is InChI=1S/C30H52O7/c1-25(2,31)19-11-15-29(7,34-19)23-13-17-27(5,36-23)21-9-10-22(33-21)28(6)18-14-24(37-28)30(8)16-12-20(35-30)26(3,4)32/h19-24,31-32H,9-18H2,1-8H3/t19-,20-,21-,22-,23-,24-,27+,28+,29+,30+/m1/s1. The van der Waals surface area contributed by atoms with E-state index in [1.54, 1.807) is 0 Å². The quantitative estimate of drug-likeness (QED) is 0.515. The molecule has 0 aliphatic carbocycles. The van der Waals surface area contributed by atoms with E-state index in [9.17, 15) is 10.2 Å². The van der Waals surface area contributed by atoms with Gasteiger partial charge >= 0.3 is 0 Å². The Balaban J connectivity index is 1.18. The van der Waals surface area contributed by atoms with Gasteiger partial charge in [-0.15, -0.1) is 0 Å². The molecule has 0 aromatic carbocycles. The Labute approximate surface area is 223 Å². The maximum Gasteiger partial charge on any atom is 0.0921 e.